The van der Waals surface area contributed by atoms with Crippen molar-refractivity contribution in [2.24, 2.45) is 0 Å². The molecule has 0 unspecified atom stereocenters. The minimum atomic E-state index is -0.0155. The molecule has 0 bridgehead atoms. The average Bonchev–Trinajstić information content (AvgIpc) is 3.20. The van der Waals surface area contributed by atoms with Crippen molar-refractivity contribution in [1.82, 2.24) is 0 Å². The highest BCUT2D eigenvalue weighted by atomic mass is 15.2. The van der Waals surface area contributed by atoms with Gasteiger partial charge in [0.05, 0.1) is 5.69 Å². The fourth-order valence-electron chi connectivity index (χ4n) is 10.9. The van der Waals surface area contributed by atoms with Crippen molar-refractivity contribution in [3.63, 3.8) is 0 Å². The summed E-state index contributed by atoms with van der Waals surface area (Å²) >= 11 is 0. The van der Waals surface area contributed by atoms with E-state index in [1.807, 2.05) is 0 Å². The summed E-state index contributed by atoms with van der Waals surface area (Å²) in [5.74, 6) is 0. The number of hydrogen-bond acceptors (Lipinski definition) is 2. The first-order chi connectivity index (χ1) is 29.6. The van der Waals surface area contributed by atoms with E-state index in [2.05, 4.69) is 237 Å². The van der Waals surface area contributed by atoms with Crippen molar-refractivity contribution in [1.29, 1.82) is 0 Å². The van der Waals surface area contributed by atoms with Gasteiger partial charge in [-0.25, -0.2) is 0 Å². The molecule has 2 aliphatic heterocycles. The predicted octanol–water partition coefficient (Wildman–Crippen LogP) is 15.3. The van der Waals surface area contributed by atoms with Gasteiger partial charge in [-0.3, -0.25) is 0 Å². The zero-order chi connectivity index (χ0) is 46.3. The van der Waals surface area contributed by atoms with E-state index in [0.29, 0.717) is 0 Å². The van der Waals surface area contributed by atoms with E-state index in [-0.39, 0.29) is 39.2 Å². The summed E-state index contributed by atoms with van der Waals surface area (Å²) < 4.78 is 0. The highest BCUT2D eigenvalue weighted by Gasteiger charge is 2.47. The van der Waals surface area contributed by atoms with Gasteiger partial charge in [0.1, 0.15) is 0 Å². The topological polar surface area (TPSA) is 6.48 Å². The Bertz CT molecular complexity index is 2830. The van der Waals surface area contributed by atoms with Crippen LogP contribution in [-0.4, -0.2) is 6.71 Å². The zero-order valence-corrected chi connectivity index (χ0v) is 42.3. The number of hydrogen-bond donors (Lipinski definition) is 0. The van der Waals surface area contributed by atoms with E-state index in [1.54, 1.807) is 0 Å². The molecule has 1 aliphatic carbocycles. The van der Waals surface area contributed by atoms with Gasteiger partial charge in [0.15, 0.2) is 0 Å². The molecule has 330 valence electrons. The average molecular weight is 845 g/mol. The summed E-state index contributed by atoms with van der Waals surface area (Å²) in [5, 5.41) is 0. The maximum atomic E-state index is 2.69. The Kier molecular flexibility index (Phi) is 10.0. The standard InChI is InChI=1S/C61H73BN2/c1-38-31-53-55-54(32-38)64(50-28-26-42(58(8,9)10)34-45(50)39-21-23-40(24-22-39)56(2,3)4)52-37-47-46(60(14,15)29-30-61(47,16)17)36-49(52)62(55)48-27-25-43(59(11,12)13)35-51(48)63(53)44-20-18-19-41(33-44)57(5,6)7/h18-28,31-37H,29-30H2,1-17H3. The molecule has 9 rings (SSSR count). The molecule has 2 nitrogen and oxygen atoms in total. The lowest BCUT2D eigenvalue weighted by Crippen LogP contribution is -2.62. The lowest BCUT2D eigenvalue weighted by atomic mass is 9.33. The third-order valence-electron chi connectivity index (χ3n) is 15.2. The van der Waals surface area contributed by atoms with Crippen molar-refractivity contribution >= 4 is 57.2 Å². The van der Waals surface area contributed by atoms with Gasteiger partial charge in [-0.2, -0.15) is 0 Å². The Balaban J connectivity index is 1.42. The maximum absolute atomic E-state index is 2.69. The molecular weight excluding hydrogens is 771 g/mol. The van der Waals surface area contributed by atoms with Crippen molar-refractivity contribution < 1.29 is 0 Å². The smallest absolute Gasteiger partial charge is 0.252 e. The normalized spacial score (nSPS) is 16.5. The van der Waals surface area contributed by atoms with Crippen LogP contribution in [0.4, 0.5) is 34.1 Å². The SMILES string of the molecule is Cc1cc2c3c(c1)N(c1ccc(C(C)(C)C)cc1-c1ccc(C(C)(C)C)cc1)c1cc4c(cc1B3c1ccc(C(C)(C)C)cc1N2c1cccc(C(C)(C)C)c1)C(C)(C)CCC4(C)C. The summed E-state index contributed by atoms with van der Waals surface area (Å²) in [5.41, 5.74) is 24.1. The molecule has 0 fully saturated rings. The van der Waals surface area contributed by atoms with E-state index in [0.717, 1.165) is 0 Å². The summed E-state index contributed by atoms with van der Waals surface area (Å²) in [7, 11) is 0. The Labute approximate surface area is 387 Å². The van der Waals surface area contributed by atoms with Crippen LogP contribution >= 0.6 is 0 Å². The molecule has 6 aromatic rings. The van der Waals surface area contributed by atoms with Crippen molar-refractivity contribution in [3.8, 4) is 11.1 Å². The minimum Gasteiger partial charge on any atom is -0.311 e. The van der Waals surface area contributed by atoms with Crippen molar-refractivity contribution in [2.45, 2.75) is 163 Å². The van der Waals surface area contributed by atoms with Gasteiger partial charge in [-0.1, -0.05) is 171 Å². The van der Waals surface area contributed by atoms with E-state index >= 15 is 0 Å². The third-order valence-corrected chi connectivity index (χ3v) is 15.2. The first-order valence-electron chi connectivity index (χ1n) is 24.1. The molecule has 0 saturated carbocycles. The van der Waals surface area contributed by atoms with Gasteiger partial charge < -0.3 is 9.80 Å². The second-order valence-electron chi connectivity index (χ2n) is 25.2. The highest BCUT2D eigenvalue weighted by molar-refractivity contribution is 7.00. The van der Waals surface area contributed by atoms with Crippen LogP contribution < -0.4 is 26.2 Å². The largest absolute Gasteiger partial charge is 0.311 e. The van der Waals surface area contributed by atoms with Crippen LogP contribution in [0.25, 0.3) is 11.1 Å². The first-order valence-corrected chi connectivity index (χ1v) is 24.1. The third kappa shape index (κ3) is 7.34. The lowest BCUT2D eigenvalue weighted by Gasteiger charge is -2.48. The number of aryl methyl sites for hydroxylation is 1. The molecule has 6 aromatic carbocycles. The highest BCUT2D eigenvalue weighted by Crippen LogP contribution is 2.52. The quantitative estimate of drug-likeness (QED) is 0.164. The Morgan fingerprint density at radius 3 is 1.53 bits per heavy atom. The zero-order valence-electron chi connectivity index (χ0n) is 42.3. The van der Waals surface area contributed by atoms with Crippen LogP contribution in [0, 0.1) is 6.92 Å². The van der Waals surface area contributed by atoms with Gasteiger partial charge >= 0.3 is 0 Å². The molecule has 0 N–H and O–H groups in total. The molecule has 0 amide bonds. The van der Waals surface area contributed by atoms with Gasteiger partial charge in [0.25, 0.3) is 6.71 Å². The van der Waals surface area contributed by atoms with Crippen LogP contribution in [0.1, 0.15) is 163 Å². The molecule has 2 heterocycles. The fraction of sp³-hybridized carbons (Fsp3) is 0.410. The van der Waals surface area contributed by atoms with Gasteiger partial charge in [0, 0.05) is 34.0 Å². The van der Waals surface area contributed by atoms with E-state index in [9.17, 15) is 0 Å². The van der Waals surface area contributed by atoms with Crippen molar-refractivity contribution in [3.05, 3.63) is 148 Å². The second kappa shape index (κ2) is 14.5. The summed E-state index contributed by atoms with van der Waals surface area (Å²) in [6, 6.07) is 43.8. The molecule has 64 heavy (non-hydrogen) atoms. The Morgan fingerprint density at radius 1 is 0.438 bits per heavy atom. The molecule has 0 atom stereocenters. The maximum Gasteiger partial charge on any atom is 0.252 e. The molecule has 0 saturated heterocycles. The van der Waals surface area contributed by atoms with Gasteiger partial charge in [-0.15, -0.1) is 0 Å². The van der Waals surface area contributed by atoms with E-state index < -0.39 is 0 Å². The molecule has 3 aliphatic rings. The number of benzene rings is 6. The monoisotopic (exact) mass is 845 g/mol. The van der Waals surface area contributed by atoms with E-state index in [4.69, 9.17) is 0 Å². The van der Waals surface area contributed by atoms with Crippen LogP contribution in [0.2, 0.25) is 0 Å². The predicted molar refractivity (Wildman–Crippen MR) is 281 cm³/mol. The molecule has 3 heteroatoms. The van der Waals surface area contributed by atoms with E-state index in [1.165, 1.54) is 113 Å². The van der Waals surface area contributed by atoms with Crippen molar-refractivity contribution in [2.75, 3.05) is 9.80 Å². The summed E-state index contributed by atoms with van der Waals surface area (Å²) in [6.07, 6.45) is 2.34. The van der Waals surface area contributed by atoms with Gasteiger partial charge in [0.2, 0.25) is 0 Å². The second-order valence-corrected chi connectivity index (χ2v) is 25.2. The molecule has 0 radical (unpaired) electrons. The lowest BCUT2D eigenvalue weighted by molar-refractivity contribution is 0.332. The fourth-order valence-corrected chi connectivity index (χ4v) is 10.9. The molecular formula is C61H73BN2. The Hall–Kier alpha value is -5.02. The number of rotatable bonds is 3. The van der Waals surface area contributed by atoms with Crippen LogP contribution in [0.3, 0.4) is 0 Å². The summed E-state index contributed by atoms with van der Waals surface area (Å²) in [4.78, 5) is 5.30. The van der Waals surface area contributed by atoms with Gasteiger partial charge in [-0.05, 0) is 162 Å². The number of nitrogens with zero attached hydrogens (tertiary/aromatic N) is 2. The number of anilines is 6. The molecule has 0 aromatic heterocycles. The Morgan fingerprint density at radius 2 is 0.938 bits per heavy atom. The summed E-state index contributed by atoms with van der Waals surface area (Å²) in [6.45, 7) is 40.3. The van der Waals surface area contributed by atoms with Crippen LogP contribution in [0.5, 0.6) is 0 Å². The molecule has 0 spiro atoms. The number of fused-ring (bicyclic) bond motifs is 5. The first kappa shape index (κ1) is 44.2. The minimum absolute atomic E-state index is 0.00651. The van der Waals surface area contributed by atoms with Crippen LogP contribution in [0.15, 0.2) is 109 Å². The van der Waals surface area contributed by atoms with Crippen LogP contribution in [-0.2, 0) is 32.5 Å².